The third-order valence-corrected chi connectivity index (χ3v) is 12.1. The van der Waals surface area contributed by atoms with E-state index >= 15 is 0 Å². The fraction of sp³-hybridized carbons (Fsp3) is 0.763. The first-order chi connectivity index (χ1) is 22.1. The van der Waals surface area contributed by atoms with E-state index in [2.05, 4.69) is 23.1 Å². The Morgan fingerprint density at radius 3 is 2.26 bits per heavy atom. The number of nitrogens with zero attached hydrogens (tertiary/aromatic N) is 2. The zero-order chi connectivity index (χ0) is 32.8. The smallest absolute Gasteiger partial charge is 0.303 e. The van der Waals surface area contributed by atoms with Gasteiger partial charge in [0.25, 0.3) is 0 Å². The fourth-order valence-corrected chi connectivity index (χ4v) is 11.3. The maximum atomic E-state index is 13.1. The Kier molecular flexibility index (Phi) is 11.5. The van der Waals surface area contributed by atoms with Gasteiger partial charge in [-0.15, -0.1) is 0 Å². The summed E-state index contributed by atoms with van der Waals surface area (Å²) in [6, 6.07) is 0.359. The highest BCUT2D eigenvalue weighted by atomic mass is 16.6. The second kappa shape index (κ2) is 15.2. The van der Waals surface area contributed by atoms with Crippen LogP contribution in [0.25, 0.3) is 0 Å². The SMILES string of the molecule is CC(=O)OC1/C=C/C=C\C/C=C\CCC[N+]23CC4CC5(CCCCCCCCCCN6CCC4C2(C1OC(C)=O)C65)C3.CC(=O)[O-]. The molecular formula is C38H58N2O6. The lowest BCUT2D eigenvalue weighted by Crippen LogP contribution is -2.77. The third-order valence-electron chi connectivity index (χ3n) is 12.1. The average Bonchev–Trinajstić information content (AvgIpc) is 3.30. The summed E-state index contributed by atoms with van der Waals surface area (Å²) in [6.07, 6.45) is 29.3. The zero-order valence-electron chi connectivity index (χ0n) is 28.6. The number of hydrogen-bond acceptors (Lipinski definition) is 7. The van der Waals surface area contributed by atoms with Crippen LogP contribution in [0.5, 0.6) is 0 Å². The molecule has 7 rings (SSSR count). The number of carbonyl (C=O) groups is 3. The summed E-state index contributed by atoms with van der Waals surface area (Å²) in [7, 11) is 0. The van der Waals surface area contributed by atoms with E-state index in [1.54, 1.807) is 6.92 Å². The van der Waals surface area contributed by atoms with Gasteiger partial charge in [0, 0.05) is 43.5 Å². The molecule has 6 aliphatic heterocycles. The monoisotopic (exact) mass is 638 g/mol. The van der Waals surface area contributed by atoms with Crippen LogP contribution in [-0.2, 0) is 23.9 Å². The number of carbonyl (C=O) groups excluding carboxylic acids is 3. The van der Waals surface area contributed by atoms with Gasteiger partial charge in [-0.05, 0) is 64.6 Å². The van der Waals surface area contributed by atoms with Crippen molar-refractivity contribution in [1.82, 2.24) is 4.90 Å². The molecule has 0 N–H and O–H groups in total. The van der Waals surface area contributed by atoms with E-state index < -0.39 is 18.2 Å². The summed E-state index contributed by atoms with van der Waals surface area (Å²) in [5.74, 6) is -0.505. The van der Waals surface area contributed by atoms with Crippen LogP contribution in [-0.4, -0.2) is 83.8 Å². The number of allylic oxidation sites excluding steroid dienone is 5. The van der Waals surface area contributed by atoms with Gasteiger partial charge in [0.1, 0.15) is 0 Å². The first-order valence-electron chi connectivity index (χ1n) is 18.3. The predicted molar refractivity (Wildman–Crippen MR) is 176 cm³/mol. The van der Waals surface area contributed by atoms with E-state index in [1.165, 1.54) is 84.2 Å². The van der Waals surface area contributed by atoms with Crippen molar-refractivity contribution in [1.29, 1.82) is 0 Å². The van der Waals surface area contributed by atoms with Crippen LogP contribution in [0, 0.1) is 17.3 Å². The lowest BCUT2D eigenvalue weighted by atomic mass is 9.52. The summed E-state index contributed by atoms with van der Waals surface area (Å²) in [6.45, 7) is 9.82. The number of carboxylic acid groups (broad SMARTS) is 1. The highest BCUT2D eigenvalue weighted by molar-refractivity contribution is 5.68. The van der Waals surface area contributed by atoms with Gasteiger partial charge in [0.05, 0.1) is 25.7 Å². The Morgan fingerprint density at radius 2 is 1.54 bits per heavy atom. The molecule has 3 spiro atoms. The number of piperidine rings is 2. The maximum absolute atomic E-state index is 13.1. The predicted octanol–water partition coefficient (Wildman–Crippen LogP) is 5.26. The molecule has 46 heavy (non-hydrogen) atoms. The number of rotatable bonds is 2. The molecule has 1 aliphatic carbocycles. The summed E-state index contributed by atoms with van der Waals surface area (Å²) >= 11 is 0. The maximum Gasteiger partial charge on any atom is 0.303 e. The highest BCUT2D eigenvalue weighted by Gasteiger charge is 2.86. The van der Waals surface area contributed by atoms with Crippen molar-refractivity contribution in [3.05, 3.63) is 36.5 Å². The summed E-state index contributed by atoms with van der Waals surface area (Å²) in [5.41, 5.74) is -0.0184. The van der Waals surface area contributed by atoms with E-state index in [-0.39, 0.29) is 22.9 Å². The normalized spacial score (nSPS) is 41.4. The van der Waals surface area contributed by atoms with Gasteiger partial charge in [0.15, 0.2) is 17.7 Å². The summed E-state index contributed by atoms with van der Waals surface area (Å²) in [4.78, 5) is 37.5. The average molecular weight is 639 g/mol. The molecule has 0 amide bonds. The molecule has 6 fully saturated rings. The molecule has 8 unspecified atom stereocenters. The topological polar surface area (TPSA) is 96.0 Å². The number of carboxylic acids is 1. The van der Waals surface area contributed by atoms with Gasteiger partial charge in [-0.1, -0.05) is 75.3 Å². The van der Waals surface area contributed by atoms with Crippen molar-refractivity contribution in [3.8, 4) is 0 Å². The number of aliphatic carboxylic acids is 1. The lowest BCUT2D eigenvalue weighted by molar-refractivity contribution is -0.964. The van der Waals surface area contributed by atoms with Crippen molar-refractivity contribution < 1.29 is 33.4 Å². The van der Waals surface area contributed by atoms with Crippen molar-refractivity contribution >= 4 is 17.9 Å². The minimum Gasteiger partial charge on any atom is -0.550 e. The molecule has 7 aliphatic rings. The van der Waals surface area contributed by atoms with Crippen LogP contribution in [0.1, 0.15) is 111 Å². The molecule has 0 radical (unpaired) electrons. The molecule has 6 bridgehead atoms. The van der Waals surface area contributed by atoms with Crippen LogP contribution in [0.15, 0.2) is 36.5 Å². The van der Waals surface area contributed by atoms with Crippen molar-refractivity contribution in [2.75, 3.05) is 32.7 Å². The number of esters is 2. The molecule has 0 aromatic rings. The van der Waals surface area contributed by atoms with Gasteiger partial charge < -0.3 is 23.9 Å². The van der Waals surface area contributed by atoms with E-state index in [4.69, 9.17) is 19.4 Å². The van der Waals surface area contributed by atoms with Gasteiger partial charge in [-0.25, -0.2) is 0 Å². The molecule has 0 aromatic carbocycles. The van der Waals surface area contributed by atoms with E-state index in [9.17, 15) is 9.59 Å². The quantitative estimate of drug-likeness (QED) is 0.231. The van der Waals surface area contributed by atoms with Crippen molar-refractivity contribution in [3.63, 3.8) is 0 Å². The Bertz CT molecular complexity index is 1180. The molecule has 8 heteroatoms. The van der Waals surface area contributed by atoms with Crippen LogP contribution in [0.2, 0.25) is 0 Å². The summed E-state index contributed by atoms with van der Waals surface area (Å²) in [5, 5.41) is 8.89. The van der Waals surface area contributed by atoms with Crippen LogP contribution >= 0.6 is 0 Å². The number of hydrogen-bond donors (Lipinski definition) is 0. The van der Waals surface area contributed by atoms with Gasteiger partial charge >= 0.3 is 11.9 Å². The minimum atomic E-state index is -1.08. The summed E-state index contributed by atoms with van der Waals surface area (Å²) < 4.78 is 13.8. The Labute approximate surface area is 276 Å². The Balaban J connectivity index is 0.000000985. The standard InChI is InChI=1S/C36H55N2O4.C2H4O2/c1-28(39)41-32-19-15-11-7-3-6-10-14-18-24-38-26-30-25-35(27-38)21-16-12-8-4-5-9-13-17-22-37-23-20-31(30)36(38,34(35)37)33(32)42-29(2)40;1-2(3)4/h6-7,10-11,15,19,30-34H,3-5,8-9,12-14,16-18,20-27H2,1-2H3;1H3,(H,3,4)/q+1;/p-1/b10-6-,11-7-,19-15+;. The Hall–Kier alpha value is -2.45. The van der Waals surface area contributed by atoms with Crippen LogP contribution < -0.4 is 5.11 Å². The van der Waals surface area contributed by atoms with Crippen LogP contribution in [0.3, 0.4) is 0 Å². The minimum absolute atomic E-state index is 0.237. The van der Waals surface area contributed by atoms with Crippen LogP contribution in [0.4, 0.5) is 0 Å². The lowest BCUT2D eigenvalue weighted by Gasteiger charge is -2.59. The molecule has 256 valence electrons. The first kappa shape index (κ1) is 34.9. The molecule has 8 atom stereocenters. The molecule has 5 saturated heterocycles. The molecule has 1 saturated carbocycles. The second-order valence-corrected chi connectivity index (χ2v) is 15.1. The Morgan fingerprint density at radius 1 is 0.848 bits per heavy atom. The van der Waals surface area contributed by atoms with E-state index in [0.717, 1.165) is 56.7 Å². The molecule has 8 nitrogen and oxygen atoms in total. The van der Waals surface area contributed by atoms with Gasteiger partial charge in [-0.3, -0.25) is 14.5 Å². The van der Waals surface area contributed by atoms with Gasteiger partial charge in [-0.2, -0.15) is 0 Å². The molecule has 6 heterocycles. The van der Waals surface area contributed by atoms with Crippen molar-refractivity contribution in [2.45, 2.75) is 134 Å². The molecular weight excluding hydrogens is 580 g/mol. The zero-order valence-corrected chi connectivity index (χ0v) is 28.6. The van der Waals surface area contributed by atoms with Gasteiger partial charge in [0.2, 0.25) is 0 Å². The largest absolute Gasteiger partial charge is 0.550 e. The first-order valence-corrected chi connectivity index (χ1v) is 18.3. The third kappa shape index (κ3) is 6.89. The highest BCUT2D eigenvalue weighted by Crippen LogP contribution is 2.72. The van der Waals surface area contributed by atoms with Crippen molar-refractivity contribution in [2.24, 2.45) is 17.3 Å². The van der Waals surface area contributed by atoms with E-state index in [1.807, 2.05) is 18.2 Å². The van der Waals surface area contributed by atoms with E-state index in [0.29, 0.717) is 17.9 Å². The number of ether oxygens (including phenoxy) is 2. The second-order valence-electron chi connectivity index (χ2n) is 15.1. The number of quaternary nitrogens is 1. The molecule has 0 aromatic heterocycles. The fourth-order valence-electron chi connectivity index (χ4n) is 11.3.